The first-order valence-electron chi connectivity index (χ1n) is 7.26. The SMILES string of the molecule is CCc1nc2c(n1CC(=O)N(CC)CC)CCNC2. The van der Waals surface area contributed by atoms with Crippen molar-refractivity contribution in [3.8, 4) is 0 Å². The van der Waals surface area contributed by atoms with Crippen molar-refractivity contribution in [3.05, 3.63) is 17.2 Å². The number of likely N-dealkylation sites (N-methyl/N-ethyl adjacent to an activating group) is 1. The number of imidazole rings is 1. The highest BCUT2D eigenvalue weighted by Gasteiger charge is 2.21. The Morgan fingerprint density at radius 1 is 1.37 bits per heavy atom. The first-order chi connectivity index (χ1) is 9.21. The molecule has 0 spiro atoms. The molecule has 0 aliphatic carbocycles. The smallest absolute Gasteiger partial charge is 0.242 e. The summed E-state index contributed by atoms with van der Waals surface area (Å²) in [4.78, 5) is 18.8. The molecule has 0 atom stereocenters. The monoisotopic (exact) mass is 264 g/mol. The van der Waals surface area contributed by atoms with Gasteiger partial charge in [-0.25, -0.2) is 4.98 Å². The van der Waals surface area contributed by atoms with Crippen LogP contribution in [0.5, 0.6) is 0 Å². The van der Waals surface area contributed by atoms with E-state index in [-0.39, 0.29) is 5.91 Å². The number of carbonyl (C=O) groups excluding carboxylic acids is 1. The molecule has 0 radical (unpaired) electrons. The van der Waals surface area contributed by atoms with Gasteiger partial charge in [-0.05, 0) is 13.8 Å². The largest absolute Gasteiger partial charge is 0.342 e. The second-order valence-electron chi connectivity index (χ2n) is 4.85. The molecule has 1 aliphatic rings. The summed E-state index contributed by atoms with van der Waals surface area (Å²) < 4.78 is 2.14. The van der Waals surface area contributed by atoms with Gasteiger partial charge < -0.3 is 14.8 Å². The molecule has 1 aromatic heterocycles. The molecule has 19 heavy (non-hydrogen) atoms. The van der Waals surface area contributed by atoms with E-state index >= 15 is 0 Å². The Morgan fingerprint density at radius 2 is 2.11 bits per heavy atom. The van der Waals surface area contributed by atoms with Crippen molar-refractivity contribution in [1.82, 2.24) is 19.8 Å². The summed E-state index contributed by atoms with van der Waals surface area (Å²) in [5.41, 5.74) is 2.37. The lowest BCUT2D eigenvalue weighted by Crippen LogP contribution is -2.34. The number of amides is 1. The fraction of sp³-hybridized carbons (Fsp3) is 0.714. The van der Waals surface area contributed by atoms with Crippen LogP contribution in [0.4, 0.5) is 0 Å². The summed E-state index contributed by atoms with van der Waals surface area (Å²) in [6, 6.07) is 0. The number of aryl methyl sites for hydroxylation is 1. The molecule has 0 saturated heterocycles. The number of carbonyl (C=O) groups is 1. The lowest BCUT2D eigenvalue weighted by atomic mass is 10.2. The molecule has 0 saturated carbocycles. The van der Waals surface area contributed by atoms with Gasteiger partial charge >= 0.3 is 0 Å². The molecular formula is C14H24N4O. The molecule has 0 bridgehead atoms. The highest BCUT2D eigenvalue weighted by molar-refractivity contribution is 5.76. The third kappa shape index (κ3) is 2.81. The van der Waals surface area contributed by atoms with Gasteiger partial charge in [0.15, 0.2) is 0 Å². The quantitative estimate of drug-likeness (QED) is 0.862. The second kappa shape index (κ2) is 6.19. The van der Waals surface area contributed by atoms with Gasteiger partial charge in [0.2, 0.25) is 5.91 Å². The zero-order valence-corrected chi connectivity index (χ0v) is 12.2. The second-order valence-corrected chi connectivity index (χ2v) is 4.85. The molecule has 1 aliphatic heterocycles. The number of hydrogen-bond acceptors (Lipinski definition) is 3. The van der Waals surface area contributed by atoms with Crippen LogP contribution in [0, 0.1) is 0 Å². The Kier molecular flexibility index (Phi) is 4.58. The van der Waals surface area contributed by atoms with Crippen molar-refractivity contribution < 1.29 is 4.79 Å². The maximum absolute atomic E-state index is 12.3. The maximum atomic E-state index is 12.3. The van der Waals surface area contributed by atoms with E-state index in [1.807, 2.05) is 18.7 Å². The Labute approximate surface area is 115 Å². The molecule has 0 unspecified atom stereocenters. The van der Waals surface area contributed by atoms with E-state index in [4.69, 9.17) is 0 Å². The highest BCUT2D eigenvalue weighted by Crippen LogP contribution is 2.17. The molecule has 1 N–H and O–H groups in total. The molecule has 2 heterocycles. The van der Waals surface area contributed by atoms with Crippen LogP contribution in [-0.2, 0) is 30.7 Å². The minimum atomic E-state index is 0.193. The standard InChI is InChI=1S/C14H24N4O/c1-4-13-16-11-9-15-8-7-12(11)18(13)10-14(19)17(5-2)6-3/h15H,4-10H2,1-3H3. The third-order valence-electron chi connectivity index (χ3n) is 3.79. The molecule has 0 aromatic carbocycles. The topological polar surface area (TPSA) is 50.2 Å². The van der Waals surface area contributed by atoms with E-state index in [1.54, 1.807) is 0 Å². The summed E-state index contributed by atoms with van der Waals surface area (Å²) in [6.07, 6.45) is 1.84. The van der Waals surface area contributed by atoms with Gasteiger partial charge in [-0.1, -0.05) is 6.92 Å². The lowest BCUT2D eigenvalue weighted by Gasteiger charge is -2.21. The molecule has 5 nitrogen and oxygen atoms in total. The number of aromatic nitrogens is 2. The van der Waals surface area contributed by atoms with E-state index in [2.05, 4.69) is 21.8 Å². The average molecular weight is 264 g/mol. The van der Waals surface area contributed by atoms with Gasteiger partial charge in [-0.15, -0.1) is 0 Å². The van der Waals surface area contributed by atoms with Crippen molar-refractivity contribution in [2.45, 2.75) is 46.7 Å². The Hall–Kier alpha value is -1.36. The number of rotatable bonds is 5. The first kappa shape index (κ1) is 14.1. The van der Waals surface area contributed by atoms with Crippen molar-refractivity contribution in [2.24, 2.45) is 0 Å². The van der Waals surface area contributed by atoms with Crippen LogP contribution >= 0.6 is 0 Å². The molecule has 1 aromatic rings. The highest BCUT2D eigenvalue weighted by atomic mass is 16.2. The van der Waals surface area contributed by atoms with Crippen LogP contribution in [-0.4, -0.2) is 40.0 Å². The van der Waals surface area contributed by atoms with Gasteiger partial charge in [-0.2, -0.15) is 0 Å². The summed E-state index contributed by atoms with van der Waals surface area (Å²) in [5, 5.41) is 3.33. The van der Waals surface area contributed by atoms with Gasteiger partial charge in [-0.3, -0.25) is 4.79 Å². The zero-order valence-electron chi connectivity index (χ0n) is 12.2. The number of fused-ring (bicyclic) bond motifs is 1. The molecule has 0 fully saturated rings. The van der Waals surface area contributed by atoms with Crippen molar-refractivity contribution in [1.29, 1.82) is 0 Å². The van der Waals surface area contributed by atoms with Crippen LogP contribution in [0.2, 0.25) is 0 Å². The van der Waals surface area contributed by atoms with Gasteiger partial charge in [0.1, 0.15) is 12.4 Å². The van der Waals surface area contributed by atoms with Gasteiger partial charge in [0.05, 0.1) is 5.69 Å². The van der Waals surface area contributed by atoms with Crippen LogP contribution in [0.1, 0.15) is 38.0 Å². The zero-order chi connectivity index (χ0) is 13.8. The minimum Gasteiger partial charge on any atom is -0.342 e. The van der Waals surface area contributed by atoms with Crippen LogP contribution in [0.15, 0.2) is 0 Å². The van der Waals surface area contributed by atoms with E-state index in [9.17, 15) is 4.79 Å². The molecule has 2 rings (SSSR count). The fourth-order valence-electron chi connectivity index (χ4n) is 2.69. The fourth-order valence-corrected chi connectivity index (χ4v) is 2.69. The number of nitrogens with zero attached hydrogens (tertiary/aromatic N) is 3. The Balaban J connectivity index is 2.23. The third-order valence-corrected chi connectivity index (χ3v) is 3.79. The lowest BCUT2D eigenvalue weighted by molar-refractivity contribution is -0.131. The van der Waals surface area contributed by atoms with E-state index in [0.29, 0.717) is 6.54 Å². The van der Waals surface area contributed by atoms with Crippen LogP contribution in [0.25, 0.3) is 0 Å². The van der Waals surface area contributed by atoms with E-state index in [0.717, 1.165) is 50.5 Å². The average Bonchev–Trinajstić information content (AvgIpc) is 2.78. The predicted octanol–water partition coefficient (Wildman–Crippen LogP) is 0.960. The maximum Gasteiger partial charge on any atom is 0.242 e. The van der Waals surface area contributed by atoms with E-state index in [1.165, 1.54) is 5.69 Å². The van der Waals surface area contributed by atoms with Crippen LogP contribution in [0.3, 0.4) is 0 Å². The van der Waals surface area contributed by atoms with Gasteiger partial charge in [0.25, 0.3) is 0 Å². The molecule has 5 heteroatoms. The predicted molar refractivity (Wildman–Crippen MR) is 74.9 cm³/mol. The summed E-state index contributed by atoms with van der Waals surface area (Å²) in [6.45, 7) is 9.93. The number of nitrogens with one attached hydrogen (secondary N) is 1. The Morgan fingerprint density at radius 3 is 2.74 bits per heavy atom. The van der Waals surface area contributed by atoms with Crippen molar-refractivity contribution in [3.63, 3.8) is 0 Å². The molecule has 106 valence electrons. The first-order valence-corrected chi connectivity index (χ1v) is 7.26. The number of hydrogen-bond donors (Lipinski definition) is 1. The van der Waals surface area contributed by atoms with Crippen LogP contribution < -0.4 is 5.32 Å². The summed E-state index contributed by atoms with van der Waals surface area (Å²) in [5.74, 6) is 1.23. The van der Waals surface area contributed by atoms with Crippen molar-refractivity contribution >= 4 is 5.91 Å². The Bertz CT molecular complexity index is 449. The summed E-state index contributed by atoms with van der Waals surface area (Å²) in [7, 11) is 0. The van der Waals surface area contributed by atoms with Crippen molar-refractivity contribution in [2.75, 3.05) is 19.6 Å². The molecular weight excluding hydrogens is 240 g/mol. The minimum absolute atomic E-state index is 0.193. The normalized spacial score (nSPS) is 14.3. The molecule has 1 amide bonds. The summed E-state index contributed by atoms with van der Waals surface area (Å²) >= 11 is 0. The van der Waals surface area contributed by atoms with Gasteiger partial charge in [0, 0.05) is 44.7 Å². The van der Waals surface area contributed by atoms with E-state index < -0.39 is 0 Å².